The summed E-state index contributed by atoms with van der Waals surface area (Å²) >= 11 is 0. The molecule has 1 fully saturated rings. The zero-order valence-corrected chi connectivity index (χ0v) is 16.8. The fraction of sp³-hybridized carbons (Fsp3) is 0.400. The van der Waals surface area contributed by atoms with Crippen LogP contribution >= 0.6 is 0 Å². The normalized spacial score (nSPS) is 14.8. The maximum Gasteiger partial charge on any atom is 0.246 e. The van der Waals surface area contributed by atoms with Crippen LogP contribution in [0.25, 0.3) is 0 Å². The number of amides is 2. The van der Waals surface area contributed by atoms with Gasteiger partial charge in [-0.3, -0.25) is 14.3 Å². The Morgan fingerprint density at radius 3 is 2.66 bits per heavy atom. The fourth-order valence-corrected chi connectivity index (χ4v) is 3.10. The summed E-state index contributed by atoms with van der Waals surface area (Å²) in [7, 11) is 1.82. The molecular weight excluding hydrogens is 370 g/mol. The van der Waals surface area contributed by atoms with Crippen molar-refractivity contribution in [3.05, 3.63) is 48.3 Å². The Labute approximate surface area is 170 Å². The quantitative estimate of drug-likeness (QED) is 0.542. The maximum absolute atomic E-state index is 12.6. The molecule has 1 aromatic heterocycles. The number of aromatic nitrogens is 2. The van der Waals surface area contributed by atoms with Gasteiger partial charge in [0.1, 0.15) is 13.1 Å². The van der Waals surface area contributed by atoms with Gasteiger partial charge in [-0.2, -0.15) is 5.10 Å². The third-order valence-corrected chi connectivity index (χ3v) is 4.56. The first kappa shape index (κ1) is 20.4. The molecule has 29 heavy (non-hydrogen) atoms. The van der Waals surface area contributed by atoms with Crippen LogP contribution in [0, 0.1) is 0 Å². The number of benzene rings is 1. The van der Waals surface area contributed by atoms with Crippen molar-refractivity contribution in [2.45, 2.75) is 13.5 Å². The third-order valence-electron chi connectivity index (χ3n) is 4.56. The average Bonchev–Trinajstić information content (AvgIpc) is 3.16. The molecule has 2 amide bonds. The molecule has 0 saturated carbocycles. The monoisotopic (exact) mass is 397 g/mol. The van der Waals surface area contributed by atoms with E-state index < -0.39 is 0 Å². The van der Waals surface area contributed by atoms with Crippen LogP contribution in [0.3, 0.4) is 0 Å². The number of piperazine rings is 1. The van der Waals surface area contributed by atoms with Crippen LogP contribution in [0.1, 0.15) is 12.5 Å². The maximum atomic E-state index is 12.6. The smallest absolute Gasteiger partial charge is 0.246 e. The van der Waals surface area contributed by atoms with Crippen molar-refractivity contribution in [1.29, 1.82) is 0 Å². The summed E-state index contributed by atoms with van der Waals surface area (Å²) in [5, 5.41) is 10.2. The Kier molecular flexibility index (Phi) is 6.83. The van der Waals surface area contributed by atoms with Gasteiger partial charge in [-0.15, -0.1) is 0 Å². The number of anilines is 1. The summed E-state index contributed by atoms with van der Waals surface area (Å²) in [6, 6.07) is 9.73. The van der Waals surface area contributed by atoms with E-state index in [0.717, 1.165) is 11.3 Å². The van der Waals surface area contributed by atoms with Crippen molar-refractivity contribution in [2.75, 3.05) is 37.6 Å². The first-order chi connectivity index (χ1) is 14.1. The SMILES string of the molecule is CCNC(=NCC(=O)NCc1ccccc1)N1CCN(c2cnn(C)c2)C(=O)C1. The largest absolute Gasteiger partial charge is 0.356 e. The number of rotatable bonds is 6. The van der Waals surface area contributed by atoms with Crippen LogP contribution in [0.4, 0.5) is 5.69 Å². The molecule has 0 aliphatic carbocycles. The summed E-state index contributed by atoms with van der Waals surface area (Å²) < 4.78 is 1.68. The number of aliphatic imine (C=N–C) groups is 1. The molecule has 9 heteroatoms. The summed E-state index contributed by atoms with van der Waals surface area (Å²) in [6.45, 7) is 4.44. The summed E-state index contributed by atoms with van der Waals surface area (Å²) in [5.41, 5.74) is 1.83. The molecular formula is C20H27N7O2. The van der Waals surface area contributed by atoms with Gasteiger partial charge in [-0.25, -0.2) is 4.99 Å². The van der Waals surface area contributed by atoms with Crippen LogP contribution in [0.15, 0.2) is 47.7 Å². The van der Waals surface area contributed by atoms with Gasteiger partial charge < -0.3 is 20.4 Å². The lowest BCUT2D eigenvalue weighted by atomic mass is 10.2. The second-order valence-corrected chi connectivity index (χ2v) is 6.77. The average molecular weight is 397 g/mol. The van der Waals surface area contributed by atoms with Gasteiger partial charge in [0.15, 0.2) is 5.96 Å². The molecule has 1 aliphatic rings. The predicted octanol–water partition coefficient (Wildman–Crippen LogP) is 0.351. The van der Waals surface area contributed by atoms with E-state index in [2.05, 4.69) is 20.7 Å². The van der Waals surface area contributed by atoms with E-state index in [1.165, 1.54) is 0 Å². The van der Waals surface area contributed by atoms with E-state index in [4.69, 9.17) is 0 Å². The Hall–Kier alpha value is -3.36. The van der Waals surface area contributed by atoms with Crippen molar-refractivity contribution in [1.82, 2.24) is 25.3 Å². The van der Waals surface area contributed by atoms with Crippen molar-refractivity contribution >= 4 is 23.5 Å². The van der Waals surface area contributed by atoms with E-state index in [9.17, 15) is 9.59 Å². The lowest BCUT2D eigenvalue weighted by molar-refractivity contribution is -0.120. The van der Waals surface area contributed by atoms with Gasteiger partial charge in [0, 0.05) is 39.4 Å². The minimum atomic E-state index is -0.162. The molecule has 0 atom stereocenters. The standard InChI is InChI=1S/C20H27N7O2/c1-3-21-20(23-13-18(28)22-11-16-7-5-4-6-8-16)26-9-10-27(19(29)15-26)17-12-24-25(2)14-17/h4-8,12,14H,3,9-11,13,15H2,1-2H3,(H,21,23)(H,22,28). The Morgan fingerprint density at radius 1 is 1.21 bits per heavy atom. The zero-order valence-electron chi connectivity index (χ0n) is 16.8. The molecule has 0 unspecified atom stereocenters. The van der Waals surface area contributed by atoms with Gasteiger partial charge in [0.25, 0.3) is 0 Å². The van der Waals surface area contributed by atoms with Crippen LogP contribution in [-0.2, 0) is 23.2 Å². The number of aryl methyl sites for hydroxylation is 1. The Balaban J connectivity index is 1.56. The van der Waals surface area contributed by atoms with Crippen molar-refractivity contribution in [3.63, 3.8) is 0 Å². The predicted molar refractivity (Wildman–Crippen MR) is 111 cm³/mol. The van der Waals surface area contributed by atoms with Gasteiger partial charge in [-0.05, 0) is 12.5 Å². The second kappa shape index (κ2) is 9.72. The second-order valence-electron chi connectivity index (χ2n) is 6.77. The first-order valence-corrected chi connectivity index (χ1v) is 9.69. The number of hydrogen-bond donors (Lipinski definition) is 2. The van der Waals surface area contributed by atoms with E-state index >= 15 is 0 Å². The van der Waals surface area contributed by atoms with Gasteiger partial charge in [-0.1, -0.05) is 30.3 Å². The van der Waals surface area contributed by atoms with E-state index in [1.807, 2.05) is 55.4 Å². The lowest BCUT2D eigenvalue weighted by Crippen LogP contribution is -2.55. The Morgan fingerprint density at radius 2 is 2.00 bits per heavy atom. The molecule has 0 bridgehead atoms. The Bertz CT molecular complexity index is 863. The number of carbonyl (C=O) groups excluding carboxylic acids is 2. The minimum Gasteiger partial charge on any atom is -0.356 e. The highest BCUT2D eigenvalue weighted by Gasteiger charge is 2.27. The molecule has 1 saturated heterocycles. The highest BCUT2D eigenvalue weighted by molar-refractivity contribution is 5.98. The summed E-state index contributed by atoms with van der Waals surface area (Å²) in [6.07, 6.45) is 3.51. The molecule has 2 heterocycles. The van der Waals surface area contributed by atoms with Gasteiger partial charge in [0.05, 0.1) is 11.9 Å². The molecule has 3 rings (SSSR count). The van der Waals surface area contributed by atoms with E-state index in [1.54, 1.807) is 15.8 Å². The highest BCUT2D eigenvalue weighted by Crippen LogP contribution is 2.16. The minimum absolute atomic E-state index is 0.00613. The molecule has 1 aromatic carbocycles. The first-order valence-electron chi connectivity index (χ1n) is 9.69. The summed E-state index contributed by atoms with van der Waals surface area (Å²) in [4.78, 5) is 32.8. The van der Waals surface area contributed by atoms with Crippen LogP contribution in [0.2, 0.25) is 0 Å². The molecule has 0 spiro atoms. The number of nitrogens with one attached hydrogen (secondary N) is 2. The number of carbonyl (C=O) groups is 2. The zero-order chi connectivity index (χ0) is 20.6. The van der Waals surface area contributed by atoms with Gasteiger partial charge in [0.2, 0.25) is 11.8 Å². The molecule has 1 aliphatic heterocycles. The fourth-order valence-electron chi connectivity index (χ4n) is 3.10. The lowest BCUT2D eigenvalue weighted by Gasteiger charge is -2.35. The molecule has 9 nitrogen and oxygen atoms in total. The molecule has 2 N–H and O–H groups in total. The van der Waals surface area contributed by atoms with Crippen LogP contribution in [0.5, 0.6) is 0 Å². The van der Waals surface area contributed by atoms with E-state index in [-0.39, 0.29) is 24.9 Å². The van der Waals surface area contributed by atoms with Crippen molar-refractivity contribution in [2.24, 2.45) is 12.0 Å². The van der Waals surface area contributed by atoms with Crippen molar-refractivity contribution in [3.8, 4) is 0 Å². The molecule has 154 valence electrons. The summed E-state index contributed by atoms with van der Waals surface area (Å²) in [5.74, 6) is 0.384. The van der Waals surface area contributed by atoms with Crippen molar-refractivity contribution < 1.29 is 9.59 Å². The number of hydrogen-bond acceptors (Lipinski definition) is 4. The van der Waals surface area contributed by atoms with Crippen LogP contribution in [-0.4, -0.2) is 65.2 Å². The van der Waals surface area contributed by atoms with Crippen LogP contribution < -0.4 is 15.5 Å². The van der Waals surface area contributed by atoms with Gasteiger partial charge >= 0.3 is 0 Å². The molecule has 0 radical (unpaired) electrons. The third kappa shape index (κ3) is 5.56. The number of guanidine groups is 1. The highest BCUT2D eigenvalue weighted by atomic mass is 16.2. The molecule has 2 aromatic rings. The number of nitrogens with zero attached hydrogens (tertiary/aromatic N) is 5. The topological polar surface area (TPSA) is 94.9 Å². The van der Waals surface area contributed by atoms with E-state index in [0.29, 0.717) is 32.1 Å².